The van der Waals surface area contributed by atoms with Gasteiger partial charge in [-0.1, -0.05) is 44.2 Å². The quantitative estimate of drug-likeness (QED) is 0.316. The van der Waals surface area contributed by atoms with E-state index in [4.69, 9.17) is 9.47 Å². The summed E-state index contributed by atoms with van der Waals surface area (Å²) in [6.45, 7) is 2.14. The highest BCUT2D eigenvalue weighted by atomic mass is 19.3. The Morgan fingerprint density at radius 1 is 1.21 bits per heavy atom. The van der Waals surface area contributed by atoms with E-state index in [-0.39, 0.29) is 35.1 Å². The van der Waals surface area contributed by atoms with Crippen LogP contribution in [0.3, 0.4) is 0 Å². The number of benzene rings is 1. The number of nitrogens with zero attached hydrogens (tertiary/aromatic N) is 1. The zero-order valence-corrected chi connectivity index (χ0v) is 23.4. The summed E-state index contributed by atoms with van der Waals surface area (Å²) in [5.41, 5.74) is -1.19. The van der Waals surface area contributed by atoms with E-state index >= 15 is 0 Å². The predicted octanol–water partition coefficient (Wildman–Crippen LogP) is 4.99. The lowest BCUT2D eigenvalue weighted by atomic mass is 9.73. The Bertz CT molecular complexity index is 945. The Morgan fingerprint density at radius 3 is 2.74 bits per heavy atom. The molecular formula is C29H45F2N3O5. The number of hydrogen-bond donors (Lipinski definition) is 3. The fraction of sp³-hybridized carbons (Fsp3) is 0.759. The number of ether oxygens (including phenoxy) is 3. The largest absolute Gasteiger partial charge is 0.586 e. The van der Waals surface area contributed by atoms with Crippen molar-refractivity contribution in [1.82, 2.24) is 15.5 Å². The van der Waals surface area contributed by atoms with Crippen molar-refractivity contribution >= 4 is 6.03 Å². The van der Waals surface area contributed by atoms with Crippen LogP contribution in [0.15, 0.2) is 18.2 Å². The molecule has 39 heavy (non-hydrogen) atoms. The number of piperidine rings is 1. The van der Waals surface area contributed by atoms with Crippen LogP contribution in [0.25, 0.3) is 0 Å². The maximum atomic E-state index is 14.0. The zero-order chi connectivity index (χ0) is 27.9. The third kappa shape index (κ3) is 7.52. The van der Waals surface area contributed by atoms with Gasteiger partial charge >= 0.3 is 12.3 Å². The average Bonchev–Trinajstić information content (AvgIpc) is 3.25. The average molecular weight is 554 g/mol. The number of likely N-dealkylation sites (tertiary alicyclic amines) is 1. The highest BCUT2D eigenvalue weighted by Gasteiger charge is 2.49. The number of methoxy groups -OCH3 is 1. The van der Waals surface area contributed by atoms with Gasteiger partial charge in [-0.2, -0.15) is 0 Å². The molecule has 3 atom stereocenters. The standard InChI is InChI=1S/C29H45F2N3O5/c1-32-19-23(18-21-10-4-3-5-11-21)33-27(35)34-16-9-12-22(20-34)28(36,15-6-7-17-37-2)24-13-8-14-25-26(24)39-29(30,31)38-25/h8,13-14,21-23,32,36H,3-7,9-12,15-20H2,1-2H3,(H,33,35)/t22-,23?,28+/m1/s1. The molecule has 2 heterocycles. The van der Waals surface area contributed by atoms with Gasteiger partial charge in [0.05, 0.1) is 5.60 Å². The number of halogens is 2. The number of unbranched alkanes of at least 4 members (excludes halogenated alkanes) is 1. The van der Waals surface area contributed by atoms with E-state index in [1.54, 1.807) is 24.1 Å². The van der Waals surface area contributed by atoms with E-state index in [0.29, 0.717) is 64.3 Å². The van der Waals surface area contributed by atoms with Crippen molar-refractivity contribution in [3.63, 3.8) is 0 Å². The molecule has 1 saturated carbocycles. The molecule has 1 aromatic carbocycles. The van der Waals surface area contributed by atoms with Gasteiger partial charge in [-0.3, -0.25) is 0 Å². The van der Waals surface area contributed by atoms with Gasteiger partial charge in [-0.15, -0.1) is 8.78 Å². The maximum absolute atomic E-state index is 14.0. The molecule has 8 nitrogen and oxygen atoms in total. The van der Waals surface area contributed by atoms with Gasteiger partial charge in [-0.05, 0) is 57.6 Å². The van der Waals surface area contributed by atoms with Crippen molar-refractivity contribution in [2.24, 2.45) is 11.8 Å². The third-order valence-electron chi connectivity index (χ3n) is 8.56. The Balaban J connectivity index is 1.50. The molecule has 0 aromatic heterocycles. The molecule has 4 rings (SSSR count). The summed E-state index contributed by atoms with van der Waals surface area (Å²) in [6.07, 6.45) is 6.43. The lowest BCUT2D eigenvalue weighted by molar-refractivity contribution is -0.287. The second-order valence-electron chi connectivity index (χ2n) is 11.4. The van der Waals surface area contributed by atoms with Crippen molar-refractivity contribution < 1.29 is 32.9 Å². The predicted molar refractivity (Wildman–Crippen MR) is 144 cm³/mol. The number of urea groups is 1. The summed E-state index contributed by atoms with van der Waals surface area (Å²) < 4.78 is 42.8. The number of nitrogens with one attached hydrogen (secondary N) is 2. The number of hydrogen-bond acceptors (Lipinski definition) is 6. The minimum absolute atomic E-state index is 0.0316. The van der Waals surface area contributed by atoms with Crippen molar-refractivity contribution in [3.05, 3.63) is 23.8 Å². The molecular weight excluding hydrogens is 508 g/mol. The lowest BCUT2D eigenvalue weighted by Gasteiger charge is -2.43. The molecule has 1 saturated heterocycles. The van der Waals surface area contributed by atoms with Gasteiger partial charge in [0.15, 0.2) is 11.5 Å². The van der Waals surface area contributed by atoms with Gasteiger partial charge in [-0.25, -0.2) is 4.79 Å². The number of rotatable bonds is 12. The zero-order valence-electron chi connectivity index (χ0n) is 23.4. The first-order chi connectivity index (χ1) is 18.8. The van der Waals surface area contributed by atoms with Crippen molar-refractivity contribution in [2.45, 2.75) is 88.6 Å². The van der Waals surface area contributed by atoms with Crippen molar-refractivity contribution in [2.75, 3.05) is 40.4 Å². The van der Waals surface area contributed by atoms with Crippen LogP contribution in [0.2, 0.25) is 0 Å². The first-order valence-corrected chi connectivity index (χ1v) is 14.6. The normalized spacial score (nSPS) is 23.3. The molecule has 2 aliphatic heterocycles. The fourth-order valence-corrected chi connectivity index (χ4v) is 6.59. The van der Waals surface area contributed by atoms with E-state index in [1.807, 2.05) is 7.05 Å². The molecule has 10 heteroatoms. The third-order valence-corrected chi connectivity index (χ3v) is 8.56. The highest BCUT2D eigenvalue weighted by Crippen LogP contribution is 2.50. The van der Waals surface area contributed by atoms with Gasteiger partial charge in [0.1, 0.15) is 0 Å². The SMILES string of the molecule is CNCC(CC1CCCCC1)NC(=O)N1CCC[C@@H]([C@@](O)(CCCCOC)c2cccc3c2OC(F)(F)O3)C1. The number of likely N-dealkylation sites (N-methyl/N-ethyl adjacent to an activating group) is 1. The van der Waals surface area contributed by atoms with Gasteiger partial charge in [0, 0.05) is 50.9 Å². The first-order valence-electron chi connectivity index (χ1n) is 14.6. The Hall–Kier alpha value is -2.17. The Morgan fingerprint density at radius 2 is 2.00 bits per heavy atom. The van der Waals surface area contributed by atoms with E-state index < -0.39 is 11.9 Å². The molecule has 1 aliphatic carbocycles. The molecule has 3 aliphatic rings. The van der Waals surface area contributed by atoms with Crippen molar-refractivity contribution in [1.29, 1.82) is 0 Å². The lowest BCUT2D eigenvalue weighted by Crippen LogP contribution is -2.54. The van der Waals surface area contributed by atoms with E-state index in [1.165, 1.54) is 38.2 Å². The number of aliphatic hydroxyl groups is 1. The minimum atomic E-state index is -3.78. The van der Waals surface area contributed by atoms with Crippen LogP contribution in [0.4, 0.5) is 13.6 Å². The highest BCUT2D eigenvalue weighted by molar-refractivity contribution is 5.74. The van der Waals surface area contributed by atoms with Crippen LogP contribution in [-0.4, -0.2) is 68.8 Å². The summed E-state index contributed by atoms with van der Waals surface area (Å²) in [7, 11) is 3.52. The molecule has 2 fully saturated rings. The van der Waals surface area contributed by atoms with Gasteiger partial charge in [0.25, 0.3) is 0 Å². The summed E-state index contributed by atoms with van der Waals surface area (Å²) in [5.74, 6) is 0.0601. The first kappa shape index (κ1) is 29.8. The molecule has 0 bridgehead atoms. The van der Waals surface area contributed by atoms with Gasteiger partial charge in [0.2, 0.25) is 0 Å². The Kier molecular flexibility index (Phi) is 10.3. The molecule has 2 amide bonds. The van der Waals surface area contributed by atoms with Crippen LogP contribution in [0, 0.1) is 11.8 Å². The van der Waals surface area contributed by atoms with Crippen LogP contribution in [0.5, 0.6) is 11.5 Å². The molecule has 0 spiro atoms. The molecule has 1 aromatic rings. The van der Waals surface area contributed by atoms with Gasteiger partial charge < -0.3 is 34.9 Å². The number of carbonyl (C=O) groups excluding carboxylic acids is 1. The Labute approximate surface area is 230 Å². The molecule has 3 N–H and O–H groups in total. The number of para-hydroxylation sites is 1. The smallest absolute Gasteiger partial charge is 0.395 e. The van der Waals surface area contributed by atoms with Crippen LogP contribution < -0.4 is 20.1 Å². The van der Waals surface area contributed by atoms with E-state index in [0.717, 1.165) is 6.42 Å². The minimum Gasteiger partial charge on any atom is -0.395 e. The summed E-state index contributed by atoms with van der Waals surface area (Å²) in [4.78, 5) is 15.2. The molecule has 0 radical (unpaired) electrons. The topological polar surface area (TPSA) is 92.3 Å². The second-order valence-corrected chi connectivity index (χ2v) is 11.4. The number of alkyl halides is 2. The van der Waals surface area contributed by atoms with E-state index in [9.17, 15) is 18.7 Å². The van der Waals surface area contributed by atoms with Crippen LogP contribution in [0.1, 0.15) is 76.2 Å². The van der Waals surface area contributed by atoms with Crippen LogP contribution in [-0.2, 0) is 10.3 Å². The van der Waals surface area contributed by atoms with Crippen LogP contribution >= 0.6 is 0 Å². The summed E-state index contributed by atoms with van der Waals surface area (Å²) in [5, 5.41) is 18.7. The fourth-order valence-electron chi connectivity index (χ4n) is 6.59. The summed E-state index contributed by atoms with van der Waals surface area (Å²) >= 11 is 0. The number of fused-ring (bicyclic) bond motifs is 1. The van der Waals surface area contributed by atoms with E-state index in [2.05, 4.69) is 15.4 Å². The number of carbonyl (C=O) groups is 1. The monoisotopic (exact) mass is 553 g/mol. The number of amides is 2. The second kappa shape index (κ2) is 13.5. The molecule has 220 valence electrons. The van der Waals surface area contributed by atoms with Crippen molar-refractivity contribution in [3.8, 4) is 11.5 Å². The molecule has 1 unspecified atom stereocenters. The maximum Gasteiger partial charge on any atom is 0.586 e. The summed E-state index contributed by atoms with van der Waals surface area (Å²) in [6, 6.07) is 4.54.